The van der Waals surface area contributed by atoms with E-state index in [9.17, 15) is 9.59 Å². The minimum Gasteiger partial charge on any atom is -0.462 e. The maximum absolute atomic E-state index is 12.5. The Balaban J connectivity index is 1.43. The summed E-state index contributed by atoms with van der Waals surface area (Å²) < 4.78 is 4.96. The van der Waals surface area contributed by atoms with Crippen LogP contribution in [0, 0.1) is 0 Å². The summed E-state index contributed by atoms with van der Waals surface area (Å²) in [7, 11) is 0. The Kier molecular flexibility index (Phi) is 7.41. The van der Waals surface area contributed by atoms with Gasteiger partial charge >= 0.3 is 12.0 Å². The zero-order chi connectivity index (χ0) is 20.5. The average Bonchev–Trinajstić information content (AvgIpc) is 2.75. The first kappa shape index (κ1) is 20.6. The van der Waals surface area contributed by atoms with Crippen molar-refractivity contribution in [2.75, 3.05) is 44.6 Å². The number of hydrogen-bond donors (Lipinski definition) is 1. The van der Waals surface area contributed by atoms with Gasteiger partial charge < -0.3 is 15.0 Å². The second-order valence-corrected chi connectivity index (χ2v) is 6.83. The van der Waals surface area contributed by atoms with Crippen molar-refractivity contribution in [2.24, 2.45) is 0 Å². The second kappa shape index (κ2) is 10.4. The van der Waals surface area contributed by atoms with E-state index in [1.807, 2.05) is 23.1 Å². The third kappa shape index (κ3) is 6.19. The topological polar surface area (TPSA) is 61.9 Å². The van der Waals surface area contributed by atoms with Crippen LogP contribution in [0.2, 0.25) is 0 Å². The van der Waals surface area contributed by atoms with Crippen molar-refractivity contribution < 1.29 is 14.3 Å². The van der Waals surface area contributed by atoms with Crippen LogP contribution in [-0.2, 0) is 4.74 Å². The summed E-state index contributed by atoms with van der Waals surface area (Å²) in [6, 6.07) is 16.9. The Morgan fingerprint density at radius 3 is 2.34 bits per heavy atom. The smallest absolute Gasteiger partial charge is 0.338 e. The van der Waals surface area contributed by atoms with E-state index in [1.54, 1.807) is 31.2 Å². The molecule has 0 spiro atoms. The Bertz CT molecular complexity index is 826. The van der Waals surface area contributed by atoms with Crippen LogP contribution >= 0.6 is 0 Å². The van der Waals surface area contributed by atoms with Crippen LogP contribution in [0.25, 0.3) is 6.08 Å². The van der Waals surface area contributed by atoms with E-state index in [0.29, 0.717) is 30.9 Å². The first-order chi connectivity index (χ1) is 14.2. The minimum absolute atomic E-state index is 0.117. The van der Waals surface area contributed by atoms with Gasteiger partial charge in [-0.3, -0.25) is 4.90 Å². The minimum atomic E-state index is -0.359. The number of piperazine rings is 1. The summed E-state index contributed by atoms with van der Waals surface area (Å²) in [4.78, 5) is 28.3. The van der Waals surface area contributed by atoms with Gasteiger partial charge in [0.05, 0.1) is 12.2 Å². The molecule has 0 atom stereocenters. The lowest BCUT2D eigenvalue weighted by Gasteiger charge is -2.34. The predicted octanol–water partition coefficient (Wildman–Crippen LogP) is 3.73. The molecular weight excluding hydrogens is 366 g/mol. The standard InChI is InChI=1S/C23H27N3O3/c1-2-29-22(27)20-10-12-21(13-11-20)24-23(28)26-17-15-25(16-18-26)14-6-9-19-7-4-3-5-8-19/h3-13H,2,14-18H2,1H3,(H,24,28)/b9-6+. The maximum atomic E-state index is 12.5. The lowest BCUT2D eigenvalue weighted by atomic mass is 10.2. The summed E-state index contributed by atoms with van der Waals surface area (Å²) >= 11 is 0. The van der Waals surface area contributed by atoms with Crippen LogP contribution in [0.3, 0.4) is 0 Å². The van der Waals surface area contributed by atoms with Gasteiger partial charge in [0.2, 0.25) is 0 Å². The highest BCUT2D eigenvalue weighted by Gasteiger charge is 2.20. The Morgan fingerprint density at radius 2 is 1.69 bits per heavy atom. The SMILES string of the molecule is CCOC(=O)c1ccc(NC(=O)N2CCN(C/C=C/c3ccccc3)CC2)cc1. The molecule has 1 heterocycles. The van der Waals surface area contributed by atoms with Crippen LogP contribution < -0.4 is 5.32 Å². The van der Waals surface area contributed by atoms with Crippen molar-refractivity contribution in [3.05, 3.63) is 71.8 Å². The van der Waals surface area contributed by atoms with Crippen molar-refractivity contribution in [3.63, 3.8) is 0 Å². The molecule has 3 rings (SSSR count). The zero-order valence-corrected chi connectivity index (χ0v) is 16.7. The Labute approximate surface area is 171 Å². The van der Waals surface area contributed by atoms with E-state index in [-0.39, 0.29) is 12.0 Å². The molecule has 6 heteroatoms. The number of carbonyl (C=O) groups excluding carboxylic acids is 2. The van der Waals surface area contributed by atoms with Crippen LogP contribution in [-0.4, -0.2) is 61.1 Å². The van der Waals surface area contributed by atoms with E-state index >= 15 is 0 Å². The van der Waals surface area contributed by atoms with E-state index in [4.69, 9.17) is 4.74 Å². The number of benzene rings is 2. The number of nitrogens with zero attached hydrogens (tertiary/aromatic N) is 2. The van der Waals surface area contributed by atoms with Crippen molar-refractivity contribution >= 4 is 23.8 Å². The molecule has 6 nitrogen and oxygen atoms in total. The van der Waals surface area contributed by atoms with Gasteiger partial charge in [0, 0.05) is 38.4 Å². The normalized spacial score (nSPS) is 14.7. The molecule has 2 aromatic rings. The molecule has 1 fully saturated rings. The zero-order valence-electron chi connectivity index (χ0n) is 16.7. The molecule has 0 unspecified atom stereocenters. The van der Waals surface area contributed by atoms with E-state index in [2.05, 4.69) is 34.5 Å². The number of hydrogen-bond acceptors (Lipinski definition) is 4. The van der Waals surface area contributed by atoms with Gasteiger partial charge in [-0.1, -0.05) is 42.5 Å². The van der Waals surface area contributed by atoms with Crippen molar-refractivity contribution in [1.82, 2.24) is 9.80 Å². The number of amides is 2. The fraction of sp³-hybridized carbons (Fsp3) is 0.304. The molecule has 0 radical (unpaired) electrons. The number of nitrogens with one attached hydrogen (secondary N) is 1. The molecular formula is C23H27N3O3. The quantitative estimate of drug-likeness (QED) is 0.760. The molecule has 2 amide bonds. The van der Waals surface area contributed by atoms with Crippen LogP contribution in [0.4, 0.5) is 10.5 Å². The Morgan fingerprint density at radius 1 is 1.00 bits per heavy atom. The van der Waals surface area contributed by atoms with Gasteiger partial charge in [-0.05, 0) is 36.8 Å². The molecule has 0 aromatic heterocycles. The average molecular weight is 393 g/mol. The highest BCUT2D eigenvalue weighted by atomic mass is 16.5. The summed E-state index contributed by atoms with van der Waals surface area (Å²) in [5.74, 6) is -0.359. The van der Waals surface area contributed by atoms with Crippen LogP contribution in [0.5, 0.6) is 0 Å². The monoisotopic (exact) mass is 393 g/mol. The molecule has 0 aliphatic carbocycles. The molecule has 1 saturated heterocycles. The largest absolute Gasteiger partial charge is 0.462 e. The predicted molar refractivity (Wildman–Crippen MR) is 115 cm³/mol. The van der Waals surface area contributed by atoms with Gasteiger partial charge in [-0.15, -0.1) is 0 Å². The highest BCUT2D eigenvalue weighted by molar-refractivity contribution is 5.92. The number of anilines is 1. The third-order valence-corrected chi connectivity index (χ3v) is 4.78. The summed E-state index contributed by atoms with van der Waals surface area (Å²) in [6.45, 7) is 6.04. The van der Waals surface area contributed by atoms with Gasteiger partial charge in [-0.25, -0.2) is 9.59 Å². The van der Waals surface area contributed by atoms with Gasteiger partial charge in [0.25, 0.3) is 0 Å². The molecule has 0 saturated carbocycles. The third-order valence-electron chi connectivity index (χ3n) is 4.78. The van der Waals surface area contributed by atoms with Crippen molar-refractivity contribution in [3.8, 4) is 0 Å². The van der Waals surface area contributed by atoms with Gasteiger partial charge in [0.15, 0.2) is 0 Å². The molecule has 0 bridgehead atoms. The Hall–Kier alpha value is -3.12. The molecule has 1 N–H and O–H groups in total. The lowest BCUT2D eigenvalue weighted by molar-refractivity contribution is 0.0526. The van der Waals surface area contributed by atoms with E-state index < -0.39 is 0 Å². The molecule has 152 valence electrons. The summed E-state index contributed by atoms with van der Waals surface area (Å²) in [5, 5.41) is 2.89. The number of rotatable bonds is 6. The second-order valence-electron chi connectivity index (χ2n) is 6.83. The highest BCUT2D eigenvalue weighted by Crippen LogP contribution is 2.12. The molecule has 1 aliphatic rings. The van der Waals surface area contributed by atoms with Crippen LogP contribution in [0.15, 0.2) is 60.7 Å². The fourth-order valence-corrected chi connectivity index (χ4v) is 3.14. The number of urea groups is 1. The molecule has 2 aromatic carbocycles. The first-order valence-electron chi connectivity index (χ1n) is 9.93. The lowest BCUT2D eigenvalue weighted by Crippen LogP contribution is -2.49. The fourth-order valence-electron chi connectivity index (χ4n) is 3.14. The summed E-state index contributed by atoms with van der Waals surface area (Å²) in [6.07, 6.45) is 4.29. The molecule has 1 aliphatic heterocycles. The molecule has 29 heavy (non-hydrogen) atoms. The number of carbonyl (C=O) groups is 2. The van der Waals surface area contributed by atoms with E-state index in [0.717, 1.165) is 19.6 Å². The van der Waals surface area contributed by atoms with Crippen molar-refractivity contribution in [1.29, 1.82) is 0 Å². The van der Waals surface area contributed by atoms with Gasteiger partial charge in [-0.2, -0.15) is 0 Å². The van der Waals surface area contributed by atoms with Gasteiger partial charge in [0.1, 0.15) is 0 Å². The summed E-state index contributed by atoms with van der Waals surface area (Å²) in [5.41, 5.74) is 2.33. The number of esters is 1. The first-order valence-corrected chi connectivity index (χ1v) is 9.93. The van der Waals surface area contributed by atoms with Crippen molar-refractivity contribution in [2.45, 2.75) is 6.92 Å². The number of ether oxygens (including phenoxy) is 1. The van der Waals surface area contributed by atoms with E-state index in [1.165, 1.54) is 5.56 Å². The van der Waals surface area contributed by atoms with Crippen LogP contribution in [0.1, 0.15) is 22.8 Å². The maximum Gasteiger partial charge on any atom is 0.338 e.